The lowest BCUT2D eigenvalue weighted by Crippen LogP contribution is -2.62. The lowest BCUT2D eigenvalue weighted by atomic mass is 9.68. The van der Waals surface area contributed by atoms with Crippen LogP contribution in [0.3, 0.4) is 0 Å². The minimum Gasteiger partial charge on any atom is -0.384 e. The summed E-state index contributed by atoms with van der Waals surface area (Å²) in [6, 6.07) is 3.15. The van der Waals surface area contributed by atoms with Crippen LogP contribution in [0.5, 0.6) is 0 Å². The van der Waals surface area contributed by atoms with Crippen molar-refractivity contribution in [2.45, 2.75) is 29.6 Å². The number of alkyl halides is 3. The third kappa shape index (κ3) is 3.17. The molecule has 0 amide bonds. The van der Waals surface area contributed by atoms with Crippen molar-refractivity contribution < 1.29 is 31.1 Å². The first-order chi connectivity index (χ1) is 11.2. The fourth-order valence-corrected chi connectivity index (χ4v) is 4.80. The number of ether oxygens (including phenoxy) is 2. The largest absolute Gasteiger partial charge is 0.416 e. The Labute approximate surface area is 138 Å². The van der Waals surface area contributed by atoms with E-state index in [1.54, 1.807) is 0 Å². The Morgan fingerprint density at radius 2 is 1.96 bits per heavy atom. The van der Waals surface area contributed by atoms with Crippen molar-refractivity contribution in [1.82, 2.24) is 4.72 Å². The fraction of sp³-hybridized carbons (Fsp3) is 0.600. The number of rotatable bonds is 5. The van der Waals surface area contributed by atoms with Gasteiger partial charge in [0.15, 0.2) is 0 Å². The van der Waals surface area contributed by atoms with Gasteiger partial charge in [-0.3, -0.25) is 0 Å². The number of halogens is 3. The predicted octanol–water partition coefficient (Wildman–Crippen LogP) is 2.03. The van der Waals surface area contributed by atoms with Crippen molar-refractivity contribution in [2.75, 3.05) is 20.3 Å². The van der Waals surface area contributed by atoms with E-state index in [0.717, 1.165) is 30.7 Å². The van der Waals surface area contributed by atoms with E-state index in [1.807, 2.05) is 0 Å². The molecule has 1 aromatic rings. The summed E-state index contributed by atoms with van der Waals surface area (Å²) in [7, 11) is -2.37. The van der Waals surface area contributed by atoms with E-state index in [-0.39, 0.29) is 28.9 Å². The molecule has 0 spiro atoms. The second-order valence-electron chi connectivity index (χ2n) is 6.08. The normalized spacial score (nSPS) is 30.0. The van der Waals surface area contributed by atoms with Gasteiger partial charge in [-0.1, -0.05) is 0 Å². The third-order valence-electron chi connectivity index (χ3n) is 4.67. The van der Waals surface area contributed by atoms with Gasteiger partial charge in [-0.25, -0.2) is 13.1 Å². The van der Waals surface area contributed by atoms with E-state index in [2.05, 4.69) is 4.72 Å². The van der Waals surface area contributed by atoms with Gasteiger partial charge in [0.2, 0.25) is 10.0 Å². The molecule has 1 saturated heterocycles. The topological polar surface area (TPSA) is 64.6 Å². The molecule has 1 aliphatic carbocycles. The summed E-state index contributed by atoms with van der Waals surface area (Å²) in [6.07, 6.45) is -3.77. The average Bonchev–Trinajstić information content (AvgIpc) is 2.94. The zero-order valence-electron chi connectivity index (χ0n) is 12.9. The average molecular weight is 365 g/mol. The highest BCUT2D eigenvalue weighted by Gasteiger charge is 2.54. The standard InChI is InChI=1S/C15H18F3NO4S/c1-22-8-12-13(11-6-7-23-14(11)12)19-24(20,21)10-4-2-9(3-5-10)15(16,17)18/h2-5,11-14,19H,6-8H2,1H3/t11-,12+,13+,14-/m1/s1. The maximum atomic E-state index is 12.6. The lowest BCUT2D eigenvalue weighted by Gasteiger charge is -2.47. The number of hydrogen-bond donors (Lipinski definition) is 1. The van der Waals surface area contributed by atoms with Gasteiger partial charge in [-0.05, 0) is 30.7 Å². The van der Waals surface area contributed by atoms with Crippen molar-refractivity contribution in [2.24, 2.45) is 11.8 Å². The van der Waals surface area contributed by atoms with Gasteiger partial charge in [0, 0.05) is 31.6 Å². The van der Waals surface area contributed by atoms with E-state index >= 15 is 0 Å². The Bertz CT molecular complexity index is 690. The second kappa shape index (κ2) is 6.29. The number of benzene rings is 1. The fourth-order valence-electron chi connectivity index (χ4n) is 3.47. The molecule has 1 heterocycles. The molecule has 2 aliphatic rings. The smallest absolute Gasteiger partial charge is 0.384 e. The van der Waals surface area contributed by atoms with Crippen LogP contribution in [0.15, 0.2) is 29.2 Å². The molecule has 1 saturated carbocycles. The quantitative estimate of drug-likeness (QED) is 0.867. The van der Waals surface area contributed by atoms with Gasteiger partial charge in [-0.15, -0.1) is 0 Å². The van der Waals surface area contributed by atoms with Crippen LogP contribution < -0.4 is 4.72 Å². The Morgan fingerprint density at radius 3 is 2.54 bits per heavy atom. The van der Waals surface area contributed by atoms with Crippen LogP contribution in [0.25, 0.3) is 0 Å². The van der Waals surface area contributed by atoms with E-state index in [1.165, 1.54) is 7.11 Å². The zero-order valence-corrected chi connectivity index (χ0v) is 13.7. The van der Waals surface area contributed by atoms with Crippen LogP contribution in [-0.2, 0) is 25.7 Å². The van der Waals surface area contributed by atoms with Crippen molar-refractivity contribution in [3.05, 3.63) is 29.8 Å². The van der Waals surface area contributed by atoms with Crippen LogP contribution >= 0.6 is 0 Å². The summed E-state index contributed by atoms with van der Waals surface area (Å²) in [5, 5.41) is 0. The van der Waals surface area contributed by atoms with E-state index in [9.17, 15) is 21.6 Å². The Kier molecular flexibility index (Phi) is 4.63. The maximum Gasteiger partial charge on any atom is 0.416 e. The number of hydrogen-bond acceptors (Lipinski definition) is 4. The highest BCUT2D eigenvalue weighted by Crippen LogP contribution is 2.44. The third-order valence-corrected chi connectivity index (χ3v) is 6.15. The number of fused-ring (bicyclic) bond motifs is 1. The van der Waals surface area contributed by atoms with Crippen LogP contribution in [0.2, 0.25) is 0 Å². The van der Waals surface area contributed by atoms with E-state index in [0.29, 0.717) is 13.2 Å². The van der Waals surface area contributed by atoms with Crippen molar-refractivity contribution >= 4 is 10.0 Å². The van der Waals surface area contributed by atoms with Gasteiger partial charge in [0.1, 0.15) is 0 Å². The van der Waals surface area contributed by atoms with Crippen LogP contribution in [-0.4, -0.2) is 40.9 Å². The molecule has 0 radical (unpaired) electrons. The van der Waals surface area contributed by atoms with Crippen LogP contribution in [0.1, 0.15) is 12.0 Å². The van der Waals surface area contributed by atoms with Gasteiger partial charge < -0.3 is 9.47 Å². The highest BCUT2D eigenvalue weighted by molar-refractivity contribution is 7.89. The number of sulfonamides is 1. The first-order valence-corrected chi connectivity index (χ1v) is 9.02. The van der Waals surface area contributed by atoms with Gasteiger partial charge in [-0.2, -0.15) is 13.2 Å². The first-order valence-electron chi connectivity index (χ1n) is 7.54. The molecule has 0 aromatic heterocycles. The summed E-state index contributed by atoms with van der Waals surface area (Å²) < 4.78 is 76.0. The molecule has 1 aromatic carbocycles. The molecule has 9 heteroatoms. The van der Waals surface area contributed by atoms with Crippen molar-refractivity contribution in [1.29, 1.82) is 0 Å². The van der Waals surface area contributed by atoms with E-state index in [4.69, 9.17) is 9.47 Å². The molecule has 1 N–H and O–H groups in total. The van der Waals surface area contributed by atoms with E-state index < -0.39 is 21.8 Å². The molecular formula is C15H18F3NO4S. The second-order valence-corrected chi connectivity index (χ2v) is 7.79. The molecule has 24 heavy (non-hydrogen) atoms. The molecule has 0 bridgehead atoms. The zero-order chi connectivity index (χ0) is 17.5. The van der Waals surface area contributed by atoms with Gasteiger partial charge in [0.25, 0.3) is 0 Å². The number of methoxy groups -OCH3 is 1. The molecule has 3 rings (SSSR count). The van der Waals surface area contributed by atoms with Crippen molar-refractivity contribution in [3.8, 4) is 0 Å². The number of nitrogens with one attached hydrogen (secondary N) is 1. The molecule has 134 valence electrons. The first kappa shape index (κ1) is 17.7. The molecular weight excluding hydrogens is 347 g/mol. The molecule has 1 aliphatic heterocycles. The van der Waals surface area contributed by atoms with Crippen LogP contribution in [0, 0.1) is 11.8 Å². The minimum atomic E-state index is -4.50. The SMILES string of the molecule is COC[C@H]1[C@@H](NS(=O)(=O)c2ccc(C(F)(F)F)cc2)[C@H]2CCO[C@H]21. The maximum absolute atomic E-state index is 12.6. The molecule has 0 unspecified atom stereocenters. The molecule has 5 nitrogen and oxygen atoms in total. The van der Waals surface area contributed by atoms with Gasteiger partial charge in [0.05, 0.1) is 23.2 Å². The summed E-state index contributed by atoms with van der Waals surface area (Å²) in [5.41, 5.74) is -0.883. The summed E-state index contributed by atoms with van der Waals surface area (Å²) in [5.74, 6) is -0.0129. The summed E-state index contributed by atoms with van der Waals surface area (Å²) in [6.45, 7) is 0.940. The highest BCUT2D eigenvalue weighted by atomic mass is 32.2. The monoisotopic (exact) mass is 365 g/mol. The van der Waals surface area contributed by atoms with Crippen LogP contribution in [0.4, 0.5) is 13.2 Å². The predicted molar refractivity (Wildman–Crippen MR) is 78.8 cm³/mol. The summed E-state index contributed by atoms with van der Waals surface area (Å²) in [4.78, 5) is -0.186. The Hall–Kier alpha value is -1.16. The lowest BCUT2D eigenvalue weighted by molar-refractivity contribution is -0.137. The molecule has 2 fully saturated rings. The van der Waals surface area contributed by atoms with Crippen molar-refractivity contribution in [3.63, 3.8) is 0 Å². The Balaban J connectivity index is 1.76. The van der Waals surface area contributed by atoms with Gasteiger partial charge >= 0.3 is 6.18 Å². The Morgan fingerprint density at radius 1 is 1.29 bits per heavy atom. The summed E-state index contributed by atoms with van der Waals surface area (Å²) >= 11 is 0. The minimum absolute atomic E-state index is 0.0229. The molecule has 4 atom stereocenters.